The Bertz CT molecular complexity index is 1380. The maximum atomic E-state index is 13.9. The van der Waals surface area contributed by atoms with E-state index in [0.717, 1.165) is 22.7 Å². The van der Waals surface area contributed by atoms with Gasteiger partial charge >= 0.3 is 0 Å². The van der Waals surface area contributed by atoms with Crippen LogP contribution in [0, 0.1) is 6.92 Å². The highest BCUT2D eigenvalue weighted by molar-refractivity contribution is 7.92. The maximum Gasteiger partial charge on any atom is 0.264 e. The number of unbranched alkanes of at least 4 members (excludes halogenated alkanes) is 1. The van der Waals surface area contributed by atoms with Crippen LogP contribution in [0.2, 0.25) is 10.0 Å². The van der Waals surface area contributed by atoms with Crippen LogP contribution in [-0.2, 0) is 26.2 Å². The quantitative estimate of drug-likeness (QED) is 0.269. The molecule has 0 unspecified atom stereocenters. The molecule has 0 bridgehead atoms. The molecule has 208 valence electrons. The second kappa shape index (κ2) is 13.8. The van der Waals surface area contributed by atoms with Gasteiger partial charge in [0, 0.05) is 23.1 Å². The van der Waals surface area contributed by atoms with Crippen molar-refractivity contribution in [1.29, 1.82) is 0 Å². The highest BCUT2D eigenvalue weighted by Gasteiger charge is 2.32. The van der Waals surface area contributed by atoms with Crippen LogP contribution in [0.3, 0.4) is 0 Å². The van der Waals surface area contributed by atoms with E-state index >= 15 is 0 Å². The Morgan fingerprint density at radius 2 is 1.59 bits per heavy atom. The second-order valence-corrected chi connectivity index (χ2v) is 11.9. The lowest BCUT2D eigenvalue weighted by Gasteiger charge is -2.32. The van der Waals surface area contributed by atoms with Crippen molar-refractivity contribution in [2.24, 2.45) is 0 Å². The zero-order chi connectivity index (χ0) is 28.6. The summed E-state index contributed by atoms with van der Waals surface area (Å²) in [7, 11) is -4.14. The third-order valence-electron chi connectivity index (χ3n) is 6.30. The van der Waals surface area contributed by atoms with Gasteiger partial charge in [-0.1, -0.05) is 72.4 Å². The standard InChI is InChI=1S/C29H33Cl2N3O4S/c1-4-5-18-32-29(36)22(3)33(19-23-8-6-7-9-27(23)31)28(35)20-34(25-14-12-24(30)13-15-25)39(37,38)26-16-10-21(2)11-17-26/h6-17,22H,4-5,18-20H2,1-3H3,(H,32,36)/t22-/m1/s1. The van der Waals surface area contributed by atoms with Gasteiger partial charge < -0.3 is 10.2 Å². The molecule has 1 N–H and O–H groups in total. The number of anilines is 1. The van der Waals surface area contributed by atoms with Gasteiger partial charge in [-0.3, -0.25) is 13.9 Å². The zero-order valence-corrected chi connectivity index (χ0v) is 24.6. The summed E-state index contributed by atoms with van der Waals surface area (Å²) in [5.74, 6) is -0.887. The first kappa shape index (κ1) is 30.5. The minimum atomic E-state index is -4.14. The van der Waals surface area contributed by atoms with Gasteiger partial charge in [0.25, 0.3) is 10.0 Å². The van der Waals surface area contributed by atoms with Crippen molar-refractivity contribution in [1.82, 2.24) is 10.2 Å². The minimum absolute atomic E-state index is 0.0277. The predicted octanol–water partition coefficient (Wildman–Crippen LogP) is 5.83. The Morgan fingerprint density at radius 3 is 2.21 bits per heavy atom. The van der Waals surface area contributed by atoms with E-state index in [4.69, 9.17) is 23.2 Å². The molecule has 0 spiro atoms. The maximum absolute atomic E-state index is 13.9. The number of halogens is 2. The fraction of sp³-hybridized carbons (Fsp3) is 0.310. The Hall–Kier alpha value is -3.07. The topological polar surface area (TPSA) is 86.8 Å². The number of aryl methyl sites for hydroxylation is 1. The minimum Gasteiger partial charge on any atom is -0.354 e. The van der Waals surface area contributed by atoms with E-state index < -0.39 is 28.5 Å². The average molecular weight is 591 g/mol. The summed E-state index contributed by atoms with van der Waals surface area (Å²) in [6.07, 6.45) is 1.71. The number of nitrogens with zero attached hydrogens (tertiary/aromatic N) is 2. The molecular formula is C29H33Cl2N3O4S. The molecule has 7 nitrogen and oxygen atoms in total. The van der Waals surface area contributed by atoms with Crippen molar-refractivity contribution >= 4 is 50.7 Å². The Morgan fingerprint density at radius 1 is 0.949 bits per heavy atom. The molecule has 1 atom stereocenters. The van der Waals surface area contributed by atoms with E-state index in [2.05, 4.69) is 5.32 Å². The van der Waals surface area contributed by atoms with Crippen LogP contribution in [0.1, 0.15) is 37.8 Å². The van der Waals surface area contributed by atoms with Crippen molar-refractivity contribution in [3.8, 4) is 0 Å². The van der Waals surface area contributed by atoms with Crippen LogP contribution in [-0.4, -0.2) is 44.3 Å². The summed E-state index contributed by atoms with van der Waals surface area (Å²) < 4.78 is 28.6. The number of hydrogen-bond acceptors (Lipinski definition) is 4. The Balaban J connectivity index is 2.00. The van der Waals surface area contributed by atoms with Gasteiger partial charge in [0.15, 0.2) is 0 Å². The van der Waals surface area contributed by atoms with Crippen LogP contribution < -0.4 is 9.62 Å². The third-order valence-corrected chi connectivity index (χ3v) is 8.71. The molecule has 3 aromatic rings. The molecular weight excluding hydrogens is 557 g/mol. The van der Waals surface area contributed by atoms with E-state index in [1.54, 1.807) is 67.6 Å². The SMILES string of the molecule is CCCCNC(=O)[C@@H](C)N(Cc1ccccc1Cl)C(=O)CN(c1ccc(Cl)cc1)S(=O)(=O)c1ccc(C)cc1. The van der Waals surface area contributed by atoms with Crippen molar-refractivity contribution in [3.63, 3.8) is 0 Å². The molecule has 0 saturated carbocycles. The van der Waals surface area contributed by atoms with E-state index in [-0.39, 0.29) is 23.0 Å². The van der Waals surface area contributed by atoms with Gasteiger partial charge in [-0.2, -0.15) is 0 Å². The lowest BCUT2D eigenvalue weighted by Crippen LogP contribution is -2.51. The molecule has 0 heterocycles. The summed E-state index contributed by atoms with van der Waals surface area (Å²) in [6, 6.07) is 18.8. The average Bonchev–Trinajstić information content (AvgIpc) is 2.91. The van der Waals surface area contributed by atoms with Gasteiger partial charge in [0.2, 0.25) is 11.8 Å². The van der Waals surface area contributed by atoms with E-state index in [1.807, 2.05) is 13.8 Å². The van der Waals surface area contributed by atoms with Crippen LogP contribution in [0.4, 0.5) is 5.69 Å². The molecule has 2 amide bonds. The number of sulfonamides is 1. The normalized spacial score (nSPS) is 12.0. The number of nitrogens with one attached hydrogen (secondary N) is 1. The van der Waals surface area contributed by atoms with Crippen LogP contribution in [0.15, 0.2) is 77.7 Å². The lowest BCUT2D eigenvalue weighted by atomic mass is 10.1. The lowest BCUT2D eigenvalue weighted by molar-refractivity contribution is -0.139. The van der Waals surface area contributed by atoms with Crippen LogP contribution in [0.25, 0.3) is 0 Å². The molecule has 0 saturated heterocycles. The molecule has 0 radical (unpaired) electrons. The molecule has 10 heteroatoms. The molecule has 39 heavy (non-hydrogen) atoms. The summed E-state index contributed by atoms with van der Waals surface area (Å²) >= 11 is 12.4. The van der Waals surface area contributed by atoms with Crippen molar-refractivity contribution in [3.05, 3.63) is 94.0 Å². The van der Waals surface area contributed by atoms with Crippen molar-refractivity contribution in [2.45, 2.75) is 51.1 Å². The number of rotatable bonds is 12. The van der Waals surface area contributed by atoms with Gasteiger partial charge in [-0.25, -0.2) is 8.42 Å². The summed E-state index contributed by atoms with van der Waals surface area (Å²) in [6.45, 7) is 5.47. The molecule has 0 aliphatic carbocycles. The highest BCUT2D eigenvalue weighted by atomic mass is 35.5. The fourth-order valence-electron chi connectivity index (χ4n) is 3.90. The first-order chi connectivity index (χ1) is 18.5. The predicted molar refractivity (Wildman–Crippen MR) is 157 cm³/mol. The smallest absolute Gasteiger partial charge is 0.264 e. The van der Waals surface area contributed by atoms with Crippen LogP contribution >= 0.6 is 23.2 Å². The number of amides is 2. The molecule has 0 aliphatic heterocycles. The highest BCUT2D eigenvalue weighted by Crippen LogP contribution is 2.27. The zero-order valence-electron chi connectivity index (χ0n) is 22.2. The van der Waals surface area contributed by atoms with Crippen molar-refractivity contribution < 1.29 is 18.0 Å². The fourth-order valence-corrected chi connectivity index (χ4v) is 5.64. The first-order valence-corrected chi connectivity index (χ1v) is 14.9. The summed E-state index contributed by atoms with van der Waals surface area (Å²) in [5.41, 5.74) is 1.81. The van der Waals surface area contributed by atoms with Gasteiger partial charge in [-0.05, 0) is 68.3 Å². The third kappa shape index (κ3) is 7.97. The summed E-state index contributed by atoms with van der Waals surface area (Å²) in [5, 5.41) is 3.73. The van der Waals surface area contributed by atoms with Crippen LogP contribution in [0.5, 0.6) is 0 Å². The monoisotopic (exact) mass is 589 g/mol. The number of hydrogen-bond donors (Lipinski definition) is 1. The summed E-state index contributed by atoms with van der Waals surface area (Å²) in [4.78, 5) is 28.3. The van der Waals surface area contributed by atoms with E-state index in [0.29, 0.717) is 22.2 Å². The second-order valence-electron chi connectivity index (χ2n) is 9.23. The molecule has 3 rings (SSSR count). The van der Waals surface area contributed by atoms with Gasteiger partial charge in [0.1, 0.15) is 12.6 Å². The molecule has 0 fully saturated rings. The Kier molecular flexibility index (Phi) is 10.8. The molecule has 3 aromatic carbocycles. The van der Waals surface area contributed by atoms with E-state index in [1.165, 1.54) is 17.0 Å². The molecule has 0 aliphatic rings. The number of benzene rings is 3. The van der Waals surface area contributed by atoms with Gasteiger partial charge in [-0.15, -0.1) is 0 Å². The first-order valence-electron chi connectivity index (χ1n) is 12.7. The Labute approximate surface area is 240 Å². The number of carbonyl (C=O) groups excluding carboxylic acids is 2. The molecule has 0 aromatic heterocycles. The van der Waals surface area contributed by atoms with Crippen molar-refractivity contribution in [2.75, 3.05) is 17.4 Å². The van der Waals surface area contributed by atoms with Gasteiger partial charge in [0.05, 0.1) is 10.6 Å². The largest absolute Gasteiger partial charge is 0.354 e. The van der Waals surface area contributed by atoms with E-state index in [9.17, 15) is 18.0 Å². The number of carbonyl (C=O) groups is 2.